The van der Waals surface area contributed by atoms with Crippen LogP contribution in [0.25, 0.3) is 0 Å². The van der Waals surface area contributed by atoms with E-state index in [1.165, 1.54) is 0 Å². The molecular formula is C25H24ClN3O2. The van der Waals surface area contributed by atoms with Crippen molar-refractivity contribution in [1.82, 2.24) is 15.2 Å². The summed E-state index contributed by atoms with van der Waals surface area (Å²) in [4.78, 5) is 32.0. The van der Waals surface area contributed by atoms with E-state index in [1.807, 2.05) is 54.6 Å². The Morgan fingerprint density at radius 3 is 2.55 bits per heavy atom. The van der Waals surface area contributed by atoms with Gasteiger partial charge in [-0.1, -0.05) is 48.9 Å². The summed E-state index contributed by atoms with van der Waals surface area (Å²) in [6, 6.07) is 18.2. The van der Waals surface area contributed by atoms with Crippen molar-refractivity contribution in [2.45, 2.75) is 25.3 Å². The highest BCUT2D eigenvalue weighted by atomic mass is 35.5. The molecule has 1 aliphatic rings. The summed E-state index contributed by atoms with van der Waals surface area (Å²) < 4.78 is 0. The molecule has 0 bridgehead atoms. The number of aromatic nitrogens is 1. The van der Waals surface area contributed by atoms with E-state index in [9.17, 15) is 9.59 Å². The van der Waals surface area contributed by atoms with Crippen molar-refractivity contribution in [2.75, 3.05) is 13.1 Å². The van der Waals surface area contributed by atoms with Crippen molar-refractivity contribution in [2.24, 2.45) is 0 Å². The number of nitrogens with one attached hydrogen (secondary N) is 1. The van der Waals surface area contributed by atoms with Gasteiger partial charge in [-0.2, -0.15) is 0 Å². The van der Waals surface area contributed by atoms with Crippen LogP contribution in [0.3, 0.4) is 0 Å². The molecule has 2 unspecified atom stereocenters. The molecule has 31 heavy (non-hydrogen) atoms. The summed E-state index contributed by atoms with van der Waals surface area (Å²) in [6.07, 6.45) is 4.18. The van der Waals surface area contributed by atoms with Crippen LogP contribution in [-0.4, -0.2) is 34.8 Å². The van der Waals surface area contributed by atoms with Gasteiger partial charge in [-0.25, -0.2) is 0 Å². The van der Waals surface area contributed by atoms with Crippen LogP contribution in [0.15, 0.2) is 73.1 Å². The van der Waals surface area contributed by atoms with Crippen LogP contribution >= 0.6 is 11.6 Å². The molecule has 2 aromatic carbocycles. The number of halogens is 1. The zero-order valence-corrected chi connectivity index (χ0v) is 18.0. The quantitative estimate of drug-likeness (QED) is 0.600. The molecule has 3 aromatic rings. The van der Waals surface area contributed by atoms with Crippen LogP contribution in [-0.2, 0) is 11.2 Å². The Morgan fingerprint density at radius 2 is 1.81 bits per heavy atom. The van der Waals surface area contributed by atoms with Crippen molar-refractivity contribution >= 4 is 23.4 Å². The molecule has 0 radical (unpaired) electrons. The molecule has 4 rings (SSSR count). The minimum atomic E-state index is -0.629. The number of amides is 2. The van der Waals surface area contributed by atoms with E-state index >= 15 is 0 Å². The molecule has 2 amide bonds. The molecule has 1 aliphatic heterocycles. The fraction of sp³-hybridized carbons (Fsp3) is 0.240. The Bertz CT molecular complexity index is 1070. The predicted octanol–water partition coefficient (Wildman–Crippen LogP) is 4.39. The van der Waals surface area contributed by atoms with Crippen LogP contribution in [0.5, 0.6) is 0 Å². The monoisotopic (exact) mass is 433 g/mol. The molecule has 0 fully saturated rings. The minimum Gasteiger partial charge on any atom is -0.354 e. The lowest BCUT2D eigenvalue weighted by molar-refractivity contribution is -0.125. The molecule has 0 spiro atoms. The van der Waals surface area contributed by atoms with E-state index in [2.05, 4.69) is 17.2 Å². The predicted molar refractivity (Wildman–Crippen MR) is 121 cm³/mol. The van der Waals surface area contributed by atoms with Crippen molar-refractivity contribution < 1.29 is 9.59 Å². The summed E-state index contributed by atoms with van der Waals surface area (Å²) in [5.41, 5.74) is 3.54. The molecule has 2 heterocycles. The van der Waals surface area contributed by atoms with Gasteiger partial charge in [-0.05, 0) is 59.4 Å². The number of hydrogen-bond acceptors (Lipinski definition) is 3. The summed E-state index contributed by atoms with van der Waals surface area (Å²) in [7, 11) is 0. The fourth-order valence-corrected chi connectivity index (χ4v) is 4.14. The van der Waals surface area contributed by atoms with Gasteiger partial charge in [0, 0.05) is 36.1 Å². The van der Waals surface area contributed by atoms with Crippen LogP contribution in [0.1, 0.15) is 45.9 Å². The lowest BCUT2D eigenvalue weighted by Crippen LogP contribution is -2.41. The zero-order chi connectivity index (χ0) is 21.8. The van der Waals surface area contributed by atoms with Crippen molar-refractivity contribution in [3.63, 3.8) is 0 Å². The van der Waals surface area contributed by atoms with Crippen LogP contribution in [0.2, 0.25) is 5.02 Å². The third-order valence-electron chi connectivity index (χ3n) is 5.68. The number of benzene rings is 2. The second-order valence-electron chi connectivity index (χ2n) is 7.80. The van der Waals surface area contributed by atoms with Gasteiger partial charge >= 0.3 is 0 Å². The summed E-state index contributed by atoms with van der Waals surface area (Å²) >= 11 is 6.01. The van der Waals surface area contributed by atoms with Crippen molar-refractivity contribution in [1.29, 1.82) is 0 Å². The molecule has 0 saturated heterocycles. The first-order chi connectivity index (χ1) is 15.0. The lowest BCUT2D eigenvalue weighted by Gasteiger charge is -2.27. The molecule has 6 heteroatoms. The first-order valence-corrected chi connectivity index (χ1v) is 10.7. The van der Waals surface area contributed by atoms with Gasteiger partial charge in [-0.3, -0.25) is 14.6 Å². The van der Waals surface area contributed by atoms with Crippen LogP contribution in [0, 0.1) is 0 Å². The first-order valence-electron chi connectivity index (χ1n) is 10.4. The number of hydrogen-bond donors (Lipinski definition) is 1. The normalized spacial score (nSPS) is 16.1. The Labute approximate surface area is 187 Å². The summed E-state index contributed by atoms with van der Waals surface area (Å²) in [6.45, 7) is 2.99. The van der Waals surface area contributed by atoms with Crippen LogP contribution < -0.4 is 5.32 Å². The van der Waals surface area contributed by atoms with E-state index in [0.29, 0.717) is 30.1 Å². The van der Waals surface area contributed by atoms with Crippen molar-refractivity contribution in [3.8, 4) is 0 Å². The second kappa shape index (κ2) is 9.31. The lowest BCUT2D eigenvalue weighted by atomic mass is 9.99. The van der Waals surface area contributed by atoms with Gasteiger partial charge < -0.3 is 10.2 Å². The van der Waals surface area contributed by atoms with Crippen molar-refractivity contribution in [3.05, 3.63) is 100 Å². The number of nitrogens with zero attached hydrogens (tertiary/aromatic N) is 2. The zero-order valence-electron chi connectivity index (χ0n) is 17.3. The van der Waals surface area contributed by atoms with Gasteiger partial charge in [0.1, 0.15) is 6.04 Å². The average Bonchev–Trinajstić information content (AvgIpc) is 3.06. The van der Waals surface area contributed by atoms with Gasteiger partial charge in [0.15, 0.2) is 0 Å². The number of pyridine rings is 1. The van der Waals surface area contributed by atoms with Crippen LogP contribution in [0.4, 0.5) is 0 Å². The van der Waals surface area contributed by atoms with Gasteiger partial charge in [0.05, 0.1) is 0 Å². The highest BCUT2D eigenvalue weighted by Crippen LogP contribution is 2.35. The SMILES string of the molecule is CC(CN1C(=O)c2ccccc2C1C(=O)NCCc1ccncc1)c1ccc(Cl)cc1. The van der Waals surface area contributed by atoms with E-state index in [-0.39, 0.29) is 17.7 Å². The average molecular weight is 434 g/mol. The highest BCUT2D eigenvalue weighted by Gasteiger charge is 2.41. The molecule has 2 atom stereocenters. The van der Waals surface area contributed by atoms with Gasteiger partial charge in [0.2, 0.25) is 5.91 Å². The Morgan fingerprint density at radius 1 is 1.10 bits per heavy atom. The maximum atomic E-state index is 13.2. The number of rotatable bonds is 7. The standard InChI is InChI=1S/C25H24ClN3O2/c1-17(19-6-8-20(26)9-7-19)16-29-23(21-4-2-3-5-22(21)25(29)31)24(30)28-15-12-18-10-13-27-14-11-18/h2-11,13-14,17,23H,12,15-16H2,1H3,(H,28,30). The Hall–Kier alpha value is -3.18. The molecule has 0 aliphatic carbocycles. The molecular weight excluding hydrogens is 410 g/mol. The first kappa shape index (κ1) is 21.1. The molecule has 5 nitrogen and oxygen atoms in total. The third-order valence-corrected chi connectivity index (χ3v) is 5.93. The summed E-state index contributed by atoms with van der Waals surface area (Å²) in [5.74, 6) is -0.205. The smallest absolute Gasteiger partial charge is 0.255 e. The third kappa shape index (κ3) is 4.62. The molecule has 158 valence electrons. The van der Waals surface area contributed by atoms with E-state index in [1.54, 1.807) is 23.4 Å². The molecule has 1 aromatic heterocycles. The maximum absolute atomic E-state index is 13.2. The van der Waals surface area contributed by atoms with E-state index in [0.717, 1.165) is 16.7 Å². The second-order valence-corrected chi connectivity index (χ2v) is 8.23. The summed E-state index contributed by atoms with van der Waals surface area (Å²) in [5, 5.41) is 3.69. The molecule has 0 saturated carbocycles. The topological polar surface area (TPSA) is 62.3 Å². The Balaban J connectivity index is 1.51. The number of fused-ring (bicyclic) bond motifs is 1. The largest absolute Gasteiger partial charge is 0.354 e. The number of carbonyl (C=O) groups excluding carboxylic acids is 2. The molecule has 1 N–H and O–H groups in total. The fourth-order valence-electron chi connectivity index (χ4n) is 4.01. The number of carbonyl (C=O) groups is 2. The Kier molecular flexibility index (Phi) is 6.33. The van der Waals surface area contributed by atoms with Gasteiger partial charge in [0.25, 0.3) is 5.91 Å². The van der Waals surface area contributed by atoms with E-state index < -0.39 is 6.04 Å². The maximum Gasteiger partial charge on any atom is 0.255 e. The van der Waals surface area contributed by atoms with E-state index in [4.69, 9.17) is 11.6 Å². The minimum absolute atomic E-state index is 0.0580. The van der Waals surface area contributed by atoms with Gasteiger partial charge in [-0.15, -0.1) is 0 Å². The highest BCUT2D eigenvalue weighted by molar-refractivity contribution is 6.30.